The van der Waals surface area contributed by atoms with Crippen LogP contribution in [0.15, 0.2) is 22.9 Å². The third-order valence-corrected chi connectivity index (χ3v) is 1.65. The summed E-state index contributed by atoms with van der Waals surface area (Å²) in [4.78, 5) is 0. The Balaban J connectivity index is 2.72. The standard InChI is InChI=1S/C7H9ClO/c1-9-7-5-3-2-4-6(7)8/h2,4H,3,5H2,1H3. The van der Waals surface area contributed by atoms with Crippen molar-refractivity contribution < 1.29 is 4.74 Å². The second kappa shape index (κ2) is 2.92. The van der Waals surface area contributed by atoms with E-state index in [1.165, 1.54) is 0 Å². The van der Waals surface area contributed by atoms with Gasteiger partial charge in [0.05, 0.1) is 12.1 Å². The summed E-state index contributed by atoms with van der Waals surface area (Å²) < 4.78 is 5.00. The number of methoxy groups -OCH3 is 1. The molecule has 0 radical (unpaired) electrons. The zero-order valence-corrected chi connectivity index (χ0v) is 6.11. The molecule has 0 saturated carbocycles. The van der Waals surface area contributed by atoms with Crippen molar-refractivity contribution in [3.05, 3.63) is 22.9 Å². The topological polar surface area (TPSA) is 9.23 Å². The van der Waals surface area contributed by atoms with Crippen molar-refractivity contribution in [3.8, 4) is 0 Å². The smallest absolute Gasteiger partial charge is 0.114 e. The first kappa shape index (κ1) is 6.69. The first-order valence-corrected chi connectivity index (χ1v) is 3.31. The van der Waals surface area contributed by atoms with Gasteiger partial charge in [0.2, 0.25) is 0 Å². The molecule has 2 heteroatoms. The van der Waals surface area contributed by atoms with E-state index in [1.807, 2.05) is 12.2 Å². The van der Waals surface area contributed by atoms with Crippen LogP contribution < -0.4 is 0 Å². The Kier molecular flexibility index (Phi) is 2.17. The SMILES string of the molecule is COC1=C(Cl)C=CCC1. The minimum absolute atomic E-state index is 0.740. The lowest BCUT2D eigenvalue weighted by atomic mass is 10.2. The molecule has 0 heterocycles. The van der Waals surface area contributed by atoms with Gasteiger partial charge in [0.1, 0.15) is 5.76 Å². The summed E-state index contributed by atoms with van der Waals surface area (Å²) in [5, 5.41) is 0.740. The second-order valence-electron chi connectivity index (χ2n) is 1.92. The molecule has 1 rings (SSSR count). The molecule has 50 valence electrons. The molecule has 0 aromatic heterocycles. The van der Waals surface area contributed by atoms with E-state index in [0.717, 1.165) is 23.6 Å². The van der Waals surface area contributed by atoms with Gasteiger partial charge >= 0.3 is 0 Å². The van der Waals surface area contributed by atoms with Gasteiger partial charge in [0, 0.05) is 6.42 Å². The van der Waals surface area contributed by atoms with Gasteiger partial charge in [-0.05, 0) is 12.5 Å². The van der Waals surface area contributed by atoms with Crippen molar-refractivity contribution in [1.29, 1.82) is 0 Å². The highest BCUT2D eigenvalue weighted by atomic mass is 35.5. The summed E-state index contributed by atoms with van der Waals surface area (Å²) in [6, 6.07) is 0. The van der Waals surface area contributed by atoms with Gasteiger partial charge in [0.15, 0.2) is 0 Å². The molecule has 1 aliphatic rings. The lowest BCUT2D eigenvalue weighted by molar-refractivity contribution is 0.275. The normalized spacial score (nSPS) is 18.4. The van der Waals surface area contributed by atoms with Gasteiger partial charge in [-0.25, -0.2) is 0 Å². The van der Waals surface area contributed by atoms with Crippen LogP contribution in [0.3, 0.4) is 0 Å². The van der Waals surface area contributed by atoms with Crippen LogP contribution in [-0.2, 0) is 4.74 Å². The maximum Gasteiger partial charge on any atom is 0.114 e. The summed E-state index contributed by atoms with van der Waals surface area (Å²) in [7, 11) is 1.65. The van der Waals surface area contributed by atoms with Gasteiger partial charge in [-0.1, -0.05) is 17.7 Å². The first-order chi connectivity index (χ1) is 4.34. The number of allylic oxidation sites excluding steroid dienone is 4. The molecule has 9 heavy (non-hydrogen) atoms. The fourth-order valence-corrected chi connectivity index (χ4v) is 1.07. The van der Waals surface area contributed by atoms with Gasteiger partial charge in [-0.15, -0.1) is 0 Å². The van der Waals surface area contributed by atoms with Crippen LogP contribution in [-0.4, -0.2) is 7.11 Å². The summed E-state index contributed by atoms with van der Waals surface area (Å²) in [5.74, 6) is 0.902. The zero-order valence-electron chi connectivity index (χ0n) is 5.36. The van der Waals surface area contributed by atoms with E-state index >= 15 is 0 Å². The predicted octanol–water partition coefficient (Wildman–Crippen LogP) is 2.43. The summed E-state index contributed by atoms with van der Waals surface area (Å²) >= 11 is 5.75. The molecule has 0 aromatic carbocycles. The molecular formula is C7H9ClO. The van der Waals surface area contributed by atoms with Gasteiger partial charge in [0.25, 0.3) is 0 Å². The zero-order chi connectivity index (χ0) is 6.69. The van der Waals surface area contributed by atoms with E-state index in [9.17, 15) is 0 Å². The lowest BCUT2D eigenvalue weighted by Crippen LogP contribution is -1.92. The van der Waals surface area contributed by atoms with Gasteiger partial charge in [-0.3, -0.25) is 0 Å². The summed E-state index contributed by atoms with van der Waals surface area (Å²) in [5.41, 5.74) is 0. The maximum atomic E-state index is 5.75. The molecule has 0 saturated heterocycles. The van der Waals surface area contributed by atoms with Crippen LogP contribution in [0.2, 0.25) is 0 Å². The maximum absolute atomic E-state index is 5.75. The van der Waals surface area contributed by atoms with Crippen molar-refractivity contribution in [2.24, 2.45) is 0 Å². The van der Waals surface area contributed by atoms with Crippen LogP contribution in [0, 0.1) is 0 Å². The molecule has 0 N–H and O–H groups in total. The molecular weight excluding hydrogens is 136 g/mol. The number of hydrogen-bond donors (Lipinski definition) is 0. The second-order valence-corrected chi connectivity index (χ2v) is 2.32. The lowest BCUT2D eigenvalue weighted by Gasteiger charge is -2.08. The predicted molar refractivity (Wildman–Crippen MR) is 38.3 cm³/mol. The third-order valence-electron chi connectivity index (χ3n) is 1.32. The van der Waals surface area contributed by atoms with E-state index < -0.39 is 0 Å². The summed E-state index contributed by atoms with van der Waals surface area (Å²) in [6.45, 7) is 0. The molecule has 0 fully saturated rings. The third kappa shape index (κ3) is 1.49. The van der Waals surface area contributed by atoms with Crippen molar-refractivity contribution in [1.82, 2.24) is 0 Å². The van der Waals surface area contributed by atoms with Crippen molar-refractivity contribution >= 4 is 11.6 Å². The molecule has 1 aliphatic carbocycles. The highest BCUT2D eigenvalue weighted by Gasteiger charge is 2.04. The average Bonchev–Trinajstić information content (AvgIpc) is 1.89. The molecule has 0 aromatic rings. The Morgan fingerprint density at radius 1 is 1.67 bits per heavy atom. The monoisotopic (exact) mass is 144 g/mol. The fourth-order valence-electron chi connectivity index (χ4n) is 0.813. The minimum Gasteiger partial charge on any atom is -0.500 e. The Morgan fingerprint density at radius 3 is 2.89 bits per heavy atom. The molecule has 1 nitrogen and oxygen atoms in total. The molecule has 0 bridgehead atoms. The Bertz CT molecular complexity index is 158. The van der Waals surface area contributed by atoms with Gasteiger partial charge in [-0.2, -0.15) is 0 Å². The van der Waals surface area contributed by atoms with Crippen molar-refractivity contribution in [3.63, 3.8) is 0 Å². The molecule has 0 spiro atoms. The van der Waals surface area contributed by atoms with Crippen LogP contribution in [0.1, 0.15) is 12.8 Å². The van der Waals surface area contributed by atoms with E-state index in [2.05, 4.69) is 0 Å². The van der Waals surface area contributed by atoms with E-state index in [4.69, 9.17) is 16.3 Å². The fraction of sp³-hybridized carbons (Fsp3) is 0.429. The highest BCUT2D eigenvalue weighted by Crippen LogP contribution is 2.21. The van der Waals surface area contributed by atoms with Crippen LogP contribution >= 0.6 is 11.6 Å². The molecule has 0 atom stereocenters. The van der Waals surface area contributed by atoms with E-state index in [-0.39, 0.29) is 0 Å². The van der Waals surface area contributed by atoms with Gasteiger partial charge < -0.3 is 4.74 Å². The Morgan fingerprint density at radius 2 is 2.44 bits per heavy atom. The van der Waals surface area contributed by atoms with Crippen molar-refractivity contribution in [2.45, 2.75) is 12.8 Å². The van der Waals surface area contributed by atoms with Crippen LogP contribution in [0.5, 0.6) is 0 Å². The largest absolute Gasteiger partial charge is 0.500 e. The number of ether oxygens (including phenoxy) is 1. The highest BCUT2D eigenvalue weighted by molar-refractivity contribution is 6.31. The van der Waals surface area contributed by atoms with Crippen LogP contribution in [0.4, 0.5) is 0 Å². The first-order valence-electron chi connectivity index (χ1n) is 2.94. The number of hydrogen-bond acceptors (Lipinski definition) is 1. The molecule has 0 unspecified atom stereocenters. The Labute approximate surface area is 60.0 Å². The minimum atomic E-state index is 0.740. The Hall–Kier alpha value is -0.430. The van der Waals surface area contributed by atoms with E-state index in [1.54, 1.807) is 7.11 Å². The van der Waals surface area contributed by atoms with E-state index in [0.29, 0.717) is 0 Å². The quantitative estimate of drug-likeness (QED) is 0.549. The number of rotatable bonds is 1. The molecule has 0 amide bonds. The average molecular weight is 145 g/mol. The summed E-state index contributed by atoms with van der Waals surface area (Å²) in [6.07, 6.45) is 5.90. The van der Waals surface area contributed by atoms with Crippen molar-refractivity contribution in [2.75, 3.05) is 7.11 Å². The number of halogens is 1. The molecule has 0 aliphatic heterocycles. The van der Waals surface area contributed by atoms with Crippen LogP contribution in [0.25, 0.3) is 0 Å².